The smallest absolute Gasteiger partial charge is 0.416 e. The second kappa shape index (κ2) is 11.2. The molecule has 3 aromatic carbocycles. The number of benzene rings is 3. The minimum atomic E-state index is -4.59. The summed E-state index contributed by atoms with van der Waals surface area (Å²) >= 11 is 9.81. The van der Waals surface area contributed by atoms with Gasteiger partial charge in [0.2, 0.25) is 0 Å². The SMILES string of the molecule is CCOc1cc(C=Nn2c(-c3cccc(C(F)(F)F)c3)nc3ccccc3c2=O)c(Br)c(Cl)c1OCC#N. The molecule has 4 rings (SSSR count). The maximum absolute atomic E-state index is 13.4. The second-order valence-electron chi connectivity index (χ2n) is 7.69. The first-order valence-electron chi connectivity index (χ1n) is 11.0. The lowest BCUT2D eigenvalue weighted by atomic mass is 10.1. The Balaban J connectivity index is 1.91. The van der Waals surface area contributed by atoms with Gasteiger partial charge in [0, 0.05) is 15.6 Å². The second-order valence-corrected chi connectivity index (χ2v) is 8.86. The van der Waals surface area contributed by atoms with Crippen molar-refractivity contribution in [2.24, 2.45) is 5.10 Å². The van der Waals surface area contributed by atoms with Crippen molar-refractivity contribution in [3.8, 4) is 29.0 Å². The average Bonchev–Trinajstić information content (AvgIpc) is 2.90. The van der Waals surface area contributed by atoms with Crippen molar-refractivity contribution < 1.29 is 22.6 Å². The fourth-order valence-corrected chi connectivity index (χ4v) is 4.23. The third-order valence-electron chi connectivity index (χ3n) is 5.25. The van der Waals surface area contributed by atoms with E-state index in [1.54, 1.807) is 37.3 Å². The van der Waals surface area contributed by atoms with Crippen LogP contribution in [0, 0.1) is 11.3 Å². The number of rotatable bonds is 7. The lowest BCUT2D eigenvalue weighted by molar-refractivity contribution is -0.137. The zero-order valence-electron chi connectivity index (χ0n) is 19.6. The number of hydrogen-bond acceptors (Lipinski definition) is 6. The molecule has 7 nitrogen and oxygen atoms in total. The zero-order chi connectivity index (χ0) is 27.4. The minimum absolute atomic E-state index is 0.0483. The number of aromatic nitrogens is 2. The van der Waals surface area contributed by atoms with Gasteiger partial charge in [0.25, 0.3) is 5.56 Å². The highest BCUT2D eigenvalue weighted by Gasteiger charge is 2.31. The molecule has 0 unspecified atom stereocenters. The molecule has 0 spiro atoms. The van der Waals surface area contributed by atoms with Crippen LogP contribution in [0.4, 0.5) is 13.2 Å². The number of nitriles is 1. The lowest BCUT2D eigenvalue weighted by Gasteiger charge is -2.15. The standard InChI is InChI=1S/C26H17BrClF3N4O3/c1-2-37-20-13-16(21(27)22(28)23(20)38-11-10-32)14-33-35-24(15-6-5-7-17(12-15)26(29,30)31)34-19-9-4-3-8-18(19)25(35)36/h3-9,12-14H,2,11H2,1H3. The Hall–Kier alpha value is -3.88. The molecule has 12 heteroatoms. The van der Waals surface area contributed by atoms with Gasteiger partial charge in [0.15, 0.2) is 23.9 Å². The topological polar surface area (TPSA) is 89.5 Å². The molecule has 0 N–H and O–H groups in total. The van der Waals surface area contributed by atoms with E-state index in [0.29, 0.717) is 15.6 Å². The van der Waals surface area contributed by atoms with Crippen molar-refractivity contribution in [3.63, 3.8) is 0 Å². The van der Waals surface area contributed by atoms with Gasteiger partial charge in [-0.15, -0.1) is 0 Å². The summed E-state index contributed by atoms with van der Waals surface area (Å²) < 4.78 is 52.5. The van der Waals surface area contributed by atoms with Crippen LogP contribution in [0.5, 0.6) is 11.5 Å². The summed E-state index contributed by atoms with van der Waals surface area (Å²) in [5.74, 6) is 0.296. The Morgan fingerprint density at radius 1 is 1.18 bits per heavy atom. The molecule has 1 aromatic heterocycles. The van der Waals surface area contributed by atoms with Gasteiger partial charge in [-0.05, 0) is 53.2 Å². The number of ether oxygens (including phenoxy) is 2. The molecular formula is C26H17BrClF3N4O3. The maximum atomic E-state index is 13.4. The first kappa shape index (κ1) is 27.2. The molecule has 38 heavy (non-hydrogen) atoms. The molecule has 0 aliphatic carbocycles. The normalized spacial score (nSPS) is 11.6. The molecule has 0 saturated heterocycles. The van der Waals surface area contributed by atoms with E-state index in [4.69, 9.17) is 26.3 Å². The van der Waals surface area contributed by atoms with Crippen molar-refractivity contribution in [2.45, 2.75) is 13.1 Å². The highest BCUT2D eigenvalue weighted by molar-refractivity contribution is 9.10. The van der Waals surface area contributed by atoms with E-state index < -0.39 is 17.3 Å². The van der Waals surface area contributed by atoms with Crippen molar-refractivity contribution in [2.75, 3.05) is 13.2 Å². The highest BCUT2D eigenvalue weighted by atomic mass is 79.9. The predicted molar refractivity (Wildman–Crippen MR) is 141 cm³/mol. The van der Waals surface area contributed by atoms with Crippen molar-refractivity contribution >= 4 is 44.6 Å². The highest BCUT2D eigenvalue weighted by Crippen LogP contribution is 2.42. The number of hydrogen-bond donors (Lipinski definition) is 0. The van der Waals surface area contributed by atoms with Gasteiger partial charge in [-0.1, -0.05) is 35.9 Å². The molecule has 0 radical (unpaired) electrons. The van der Waals surface area contributed by atoms with E-state index in [9.17, 15) is 18.0 Å². The molecule has 4 aromatic rings. The van der Waals surface area contributed by atoms with E-state index in [1.807, 2.05) is 6.07 Å². The van der Waals surface area contributed by atoms with E-state index in [1.165, 1.54) is 18.3 Å². The monoisotopic (exact) mass is 604 g/mol. The summed E-state index contributed by atoms with van der Waals surface area (Å²) in [7, 11) is 0. The van der Waals surface area contributed by atoms with Gasteiger partial charge >= 0.3 is 6.18 Å². The Labute approximate surface area is 227 Å². The number of alkyl halides is 3. The van der Waals surface area contributed by atoms with Crippen LogP contribution in [0.2, 0.25) is 5.02 Å². The number of fused-ring (bicyclic) bond motifs is 1. The van der Waals surface area contributed by atoms with E-state index >= 15 is 0 Å². The molecule has 0 aliphatic heterocycles. The summed E-state index contributed by atoms with van der Waals surface area (Å²) in [6, 6.07) is 14.3. The third kappa shape index (κ3) is 5.51. The lowest BCUT2D eigenvalue weighted by Crippen LogP contribution is -2.20. The fraction of sp³-hybridized carbons (Fsp3) is 0.154. The molecular weight excluding hydrogens is 589 g/mol. The Kier molecular flexibility index (Phi) is 8.04. The molecule has 0 fully saturated rings. The van der Waals surface area contributed by atoms with Crippen LogP contribution >= 0.6 is 27.5 Å². The average molecular weight is 606 g/mol. The molecule has 194 valence electrons. The Bertz CT molecular complexity index is 1650. The molecule has 0 atom stereocenters. The summed E-state index contributed by atoms with van der Waals surface area (Å²) in [4.78, 5) is 17.8. The van der Waals surface area contributed by atoms with Gasteiger partial charge in [-0.3, -0.25) is 4.79 Å². The van der Waals surface area contributed by atoms with Crippen LogP contribution in [-0.2, 0) is 6.18 Å². The van der Waals surface area contributed by atoms with Crippen LogP contribution in [0.3, 0.4) is 0 Å². The molecule has 0 bridgehead atoms. The van der Waals surface area contributed by atoms with E-state index in [-0.39, 0.29) is 46.5 Å². The molecule has 0 amide bonds. The van der Waals surface area contributed by atoms with E-state index in [2.05, 4.69) is 26.0 Å². The van der Waals surface area contributed by atoms with Crippen LogP contribution in [-0.4, -0.2) is 29.1 Å². The van der Waals surface area contributed by atoms with Crippen LogP contribution in [0.1, 0.15) is 18.1 Å². The number of para-hydroxylation sites is 1. The molecule has 1 heterocycles. The van der Waals surface area contributed by atoms with Gasteiger partial charge in [0.1, 0.15) is 11.1 Å². The first-order chi connectivity index (χ1) is 18.2. The number of nitrogens with zero attached hydrogens (tertiary/aromatic N) is 4. The van der Waals surface area contributed by atoms with Crippen LogP contribution < -0.4 is 15.0 Å². The molecule has 0 saturated carbocycles. The summed E-state index contributed by atoms with van der Waals surface area (Å²) in [6.45, 7) is 1.75. The quantitative estimate of drug-likeness (QED) is 0.219. The maximum Gasteiger partial charge on any atom is 0.416 e. The van der Waals surface area contributed by atoms with Crippen molar-refractivity contribution in [3.05, 3.63) is 85.6 Å². The summed E-state index contributed by atoms with van der Waals surface area (Å²) in [5.41, 5.74) is -0.750. The van der Waals surface area contributed by atoms with Gasteiger partial charge in [0.05, 0.1) is 29.3 Å². The van der Waals surface area contributed by atoms with Gasteiger partial charge in [-0.25, -0.2) is 4.98 Å². The zero-order valence-corrected chi connectivity index (χ0v) is 21.9. The van der Waals surface area contributed by atoms with Crippen molar-refractivity contribution in [1.82, 2.24) is 9.66 Å². The minimum Gasteiger partial charge on any atom is -0.490 e. The van der Waals surface area contributed by atoms with E-state index in [0.717, 1.165) is 16.8 Å². The first-order valence-corrected chi connectivity index (χ1v) is 12.2. The summed E-state index contributed by atoms with van der Waals surface area (Å²) in [6.07, 6.45) is -3.30. The van der Waals surface area contributed by atoms with Crippen molar-refractivity contribution in [1.29, 1.82) is 5.26 Å². The molecule has 0 aliphatic rings. The largest absolute Gasteiger partial charge is 0.490 e. The fourth-order valence-electron chi connectivity index (χ4n) is 3.57. The number of halogens is 5. The predicted octanol–water partition coefficient (Wildman–Crippen LogP) is 6.68. The Morgan fingerprint density at radius 2 is 1.95 bits per heavy atom. The third-order valence-corrected chi connectivity index (χ3v) is 6.69. The van der Waals surface area contributed by atoms with Gasteiger partial charge < -0.3 is 9.47 Å². The van der Waals surface area contributed by atoms with Crippen LogP contribution in [0.25, 0.3) is 22.3 Å². The summed E-state index contributed by atoms with van der Waals surface area (Å²) in [5, 5.41) is 13.5. The van der Waals surface area contributed by atoms with Gasteiger partial charge in [-0.2, -0.15) is 28.2 Å². The Morgan fingerprint density at radius 3 is 2.66 bits per heavy atom. The van der Waals surface area contributed by atoms with Crippen LogP contribution in [0.15, 0.2) is 69.0 Å².